The molecule has 0 fully saturated rings. The van der Waals surface area contributed by atoms with Gasteiger partial charge in [-0.1, -0.05) is 12.7 Å². The molecular formula is C6H11NO. The molecule has 0 rings (SSSR count). The van der Waals surface area contributed by atoms with Crippen molar-refractivity contribution < 1.29 is 4.79 Å². The molecule has 0 saturated carbocycles. The Morgan fingerprint density at radius 2 is 1.75 bits per heavy atom. The van der Waals surface area contributed by atoms with E-state index in [1.165, 1.54) is 0 Å². The molecule has 0 aromatic heterocycles. The van der Waals surface area contributed by atoms with Crippen LogP contribution in [0.4, 0.5) is 0 Å². The van der Waals surface area contributed by atoms with Gasteiger partial charge in [-0.25, -0.2) is 0 Å². The second-order valence-corrected chi connectivity index (χ2v) is 1.01. The first-order valence-corrected chi connectivity index (χ1v) is 2.18. The Balaban J connectivity index is 0. The highest BCUT2D eigenvalue weighted by atomic mass is 16.1. The number of primary amides is 1. The smallest absolute Gasteiger partial charge is 0.240 e. The maximum Gasteiger partial charge on any atom is 0.240 e. The monoisotopic (exact) mass is 113 g/mol. The fraction of sp³-hybridized carbons (Fsp3) is 0.167. The Labute approximate surface area is 49.7 Å². The molecule has 0 aliphatic rings. The number of carbonyl (C=O) groups excluding carboxylic acids is 1. The number of nitrogens with two attached hydrogens (primary N) is 1. The number of amides is 1. The molecule has 0 aromatic carbocycles. The molecule has 1 amide bonds. The Bertz CT molecular complexity index is 86.5. The van der Waals surface area contributed by atoms with Crippen molar-refractivity contribution >= 4 is 5.91 Å². The molecule has 8 heavy (non-hydrogen) atoms. The zero-order valence-electron chi connectivity index (χ0n) is 5.05. The van der Waals surface area contributed by atoms with E-state index in [9.17, 15) is 4.79 Å². The molecule has 46 valence electrons. The summed E-state index contributed by atoms with van der Waals surface area (Å²) in [6.45, 7) is 8.34. The van der Waals surface area contributed by atoms with Crippen molar-refractivity contribution in [3.63, 3.8) is 0 Å². The van der Waals surface area contributed by atoms with E-state index in [0.717, 1.165) is 6.08 Å². The summed E-state index contributed by atoms with van der Waals surface area (Å²) in [6.07, 6.45) is 2.81. The molecule has 0 saturated heterocycles. The Morgan fingerprint density at radius 3 is 1.75 bits per heavy atom. The third kappa shape index (κ3) is 85.6. The van der Waals surface area contributed by atoms with Crippen molar-refractivity contribution in [2.24, 2.45) is 5.73 Å². The summed E-state index contributed by atoms with van der Waals surface area (Å²) in [5.74, 6) is -0.481. The standard InChI is InChI=1S/C3H5NO.C3H6/c1-2-3(4)5;1-3-2/h2H,1H2,(H2,4,5);3H,1H2,2H3. The second kappa shape index (κ2) is 9.34. The van der Waals surface area contributed by atoms with Crippen LogP contribution in [0.2, 0.25) is 0 Å². The summed E-state index contributed by atoms with van der Waals surface area (Å²) in [5.41, 5.74) is 4.53. The minimum atomic E-state index is -0.481. The van der Waals surface area contributed by atoms with Crippen LogP contribution in [-0.4, -0.2) is 5.91 Å². The maximum atomic E-state index is 9.47. The van der Waals surface area contributed by atoms with Gasteiger partial charge in [-0.05, 0) is 13.0 Å². The van der Waals surface area contributed by atoms with Gasteiger partial charge in [0.15, 0.2) is 0 Å². The molecular weight excluding hydrogens is 102 g/mol. The van der Waals surface area contributed by atoms with E-state index >= 15 is 0 Å². The molecule has 0 aliphatic heterocycles. The summed E-state index contributed by atoms with van der Waals surface area (Å²) in [4.78, 5) is 9.47. The highest BCUT2D eigenvalue weighted by molar-refractivity contribution is 5.84. The summed E-state index contributed by atoms with van der Waals surface area (Å²) in [7, 11) is 0. The van der Waals surface area contributed by atoms with Crippen LogP contribution in [0.5, 0.6) is 0 Å². The van der Waals surface area contributed by atoms with Gasteiger partial charge in [0.05, 0.1) is 0 Å². The zero-order valence-corrected chi connectivity index (χ0v) is 5.05. The molecule has 2 N–H and O–H groups in total. The van der Waals surface area contributed by atoms with Gasteiger partial charge in [-0.3, -0.25) is 4.79 Å². The van der Waals surface area contributed by atoms with Crippen molar-refractivity contribution in [3.8, 4) is 0 Å². The van der Waals surface area contributed by atoms with Crippen LogP contribution in [0.15, 0.2) is 25.3 Å². The molecule has 2 heteroatoms. The Hall–Kier alpha value is -1.05. The topological polar surface area (TPSA) is 43.1 Å². The minimum Gasteiger partial charge on any atom is -0.366 e. The first kappa shape index (κ1) is 10.0. The highest BCUT2D eigenvalue weighted by Gasteiger charge is 1.69. The number of carbonyl (C=O) groups is 1. The SMILES string of the molecule is C=CC.C=CC(N)=O. The lowest BCUT2D eigenvalue weighted by Gasteiger charge is -1.65. The average Bonchev–Trinajstić information content (AvgIpc) is 1.69. The fourth-order valence-corrected chi connectivity index (χ4v) is 0. The van der Waals surface area contributed by atoms with Crippen LogP contribution in [0, 0.1) is 0 Å². The average molecular weight is 113 g/mol. The molecule has 0 spiro atoms. The molecule has 0 unspecified atom stereocenters. The third-order valence-electron chi connectivity index (χ3n) is 0.201. The normalized spacial score (nSPS) is 5.62. The lowest BCUT2D eigenvalue weighted by atomic mass is 10.6. The molecule has 0 bridgehead atoms. The van der Waals surface area contributed by atoms with E-state index < -0.39 is 5.91 Å². The van der Waals surface area contributed by atoms with Crippen molar-refractivity contribution in [2.75, 3.05) is 0 Å². The van der Waals surface area contributed by atoms with Crippen molar-refractivity contribution in [2.45, 2.75) is 6.92 Å². The van der Waals surface area contributed by atoms with E-state index in [4.69, 9.17) is 0 Å². The lowest BCUT2D eigenvalue weighted by molar-refractivity contribution is -0.113. The van der Waals surface area contributed by atoms with Gasteiger partial charge in [-0.15, -0.1) is 6.58 Å². The van der Waals surface area contributed by atoms with Crippen molar-refractivity contribution in [3.05, 3.63) is 25.3 Å². The summed E-state index contributed by atoms with van der Waals surface area (Å²) in [6, 6.07) is 0. The lowest BCUT2D eigenvalue weighted by Crippen LogP contribution is -2.04. The maximum absolute atomic E-state index is 9.47. The number of allylic oxidation sites excluding steroid dienone is 1. The van der Waals surface area contributed by atoms with Crippen molar-refractivity contribution in [1.29, 1.82) is 0 Å². The zero-order chi connectivity index (χ0) is 6.99. The highest BCUT2D eigenvalue weighted by Crippen LogP contribution is 1.48. The van der Waals surface area contributed by atoms with Crippen molar-refractivity contribution in [1.82, 2.24) is 0 Å². The van der Waals surface area contributed by atoms with Gasteiger partial charge >= 0.3 is 0 Å². The Kier molecular flexibility index (Phi) is 11.7. The quantitative estimate of drug-likeness (QED) is 0.397. The van der Waals surface area contributed by atoms with Crippen LogP contribution in [0.25, 0.3) is 0 Å². The van der Waals surface area contributed by atoms with E-state index in [1.54, 1.807) is 6.08 Å². The van der Waals surface area contributed by atoms with E-state index in [-0.39, 0.29) is 0 Å². The van der Waals surface area contributed by atoms with Gasteiger partial charge in [-0.2, -0.15) is 0 Å². The number of hydrogen-bond donors (Lipinski definition) is 1. The second-order valence-electron chi connectivity index (χ2n) is 1.01. The largest absolute Gasteiger partial charge is 0.366 e. The Morgan fingerprint density at radius 1 is 1.62 bits per heavy atom. The number of rotatable bonds is 1. The van der Waals surface area contributed by atoms with Crippen LogP contribution < -0.4 is 5.73 Å². The molecule has 0 aliphatic carbocycles. The molecule has 0 radical (unpaired) electrons. The van der Waals surface area contributed by atoms with Gasteiger partial charge in [0.25, 0.3) is 0 Å². The van der Waals surface area contributed by atoms with Crippen LogP contribution in [-0.2, 0) is 4.79 Å². The minimum absolute atomic E-state index is 0.481. The predicted molar refractivity (Wildman–Crippen MR) is 35.3 cm³/mol. The van der Waals surface area contributed by atoms with Crippen LogP contribution in [0.1, 0.15) is 6.92 Å². The van der Waals surface area contributed by atoms with Gasteiger partial charge in [0.2, 0.25) is 5.91 Å². The van der Waals surface area contributed by atoms with Gasteiger partial charge < -0.3 is 5.73 Å². The van der Waals surface area contributed by atoms with E-state index in [2.05, 4.69) is 18.9 Å². The molecule has 2 nitrogen and oxygen atoms in total. The van der Waals surface area contributed by atoms with Gasteiger partial charge in [0, 0.05) is 0 Å². The molecule has 0 aromatic rings. The predicted octanol–water partition coefficient (Wildman–Crippen LogP) is 0.850. The first-order chi connectivity index (χ1) is 3.68. The van der Waals surface area contributed by atoms with E-state index in [1.807, 2.05) is 6.92 Å². The summed E-state index contributed by atoms with van der Waals surface area (Å²) < 4.78 is 0. The fourth-order valence-electron chi connectivity index (χ4n) is 0. The van der Waals surface area contributed by atoms with E-state index in [0.29, 0.717) is 0 Å². The first-order valence-electron chi connectivity index (χ1n) is 2.18. The number of hydrogen-bond acceptors (Lipinski definition) is 1. The summed E-state index contributed by atoms with van der Waals surface area (Å²) >= 11 is 0. The molecule has 0 atom stereocenters. The van der Waals surface area contributed by atoms with Gasteiger partial charge in [0.1, 0.15) is 0 Å². The molecule has 0 heterocycles. The van der Waals surface area contributed by atoms with Crippen LogP contribution >= 0.6 is 0 Å². The third-order valence-corrected chi connectivity index (χ3v) is 0.201. The van der Waals surface area contributed by atoms with Crippen LogP contribution in [0.3, 0.4) is 0 Å². The summed E-state index contributed by atoms with van der Waals surface area (Å²) in [5, 5.41) is 0.